The van der Waals surface area contributed by atoms with Crippen LogP contribution in [0.2, 0.25) is 20.1 Å². The van der Waals surface area contributed by atoms with Gasteiger partial charge >= 0.3 is 0 Å². The number of amides is 2. The minimum Gasteiger partial charge on any atom is -0.495 e. The molecule has 4 aromatic rings. The normalized spacial score (nSPS) is 11.1. The van der Waals surface area contributed by atoms with Gasteiger partial charge in [0, 0.05) is 12.2 Å². The standard InChI is InChI=1S/C32H24Cl4N2O4/c1-41-29-17-21(7-11-27(29)37-31(39)13-5-19-3-9-23(33)25(35)15-19)22-8-12-28(30(18-22)42-2)38-32(40)14-6-20-4-10-24(34)26(36)16-20/h3-18H,1-2H3,(H,37,39)(H,38,40)/b13-5+,14-6+. The van der Waals surface area contributed by atoms with Gasteiger partial charge in [0.1, 0.15) is 11.5 Å². The van der Waals surface area contributed by atoms with Crippen LogP contribution in [0.4, 0.5) is 11.4 Å². The maximum atomic E-state index is 12.5. The Morgan fingerprint density at radius 2 is 0.976 bits per heavy atom. The van der Waals surface area contributed by atoms with Crippen LogP contribution in [0.1, 0.15) is 11.1 Å². The fourth-order valence-electron chi connectivity index (χ4n) is 3.87. The number of anilines is 2. The average molecular weight is 642 g/mol. The van der Waals surface area contributed by atoms with Gasteiger partial charge in [0.05, 0.1) is 45.7 Å². The summed E-state index contributed by atoms with van der Waals surface area (Å²) < 4.78 is 11.1. The Morgan fingerprint density at radius 3 is 1.33 bits per heavy atom. The van der Waals surface area contributed by atoms with Crippen molar-refractivity contribution in [2.75, 3.05) is 24.9 Å². The van der Waals surface area contributed by atoms with Crippen molar-refractivity contribution in [2.45, 2.75) is 0 Å². The molecule has 6 nitrogen and oxygen atoms in total. The molecule has 0 bridgehead atoms. The average Bonchev–Trinajstić information content (AvgIpc) is 2.98. The van der Waals surface area contributed by atoms with E-state index in [0.29, 0.717) is 43.0 Å². The summed E-state index contributed by atoms with van der Waals surface area (Å²) in [6, 6.07) is 20.9. The van der Waals surface area contributed by atoms with Gasteiger partial charge in [0.15, 0.2) is 0 Å². The number of hydrogen-bond acceptors (Lipinski definition) is 4. The summed E-state index contributed by atoms with van der Waals surface area (Å²) >= 11 is 24.0. The molecule has 0 aromatic heterocycles. The van der Waals surface area contributed by atoms with E-state index in [4.69, 9.17) is 55.9 Å². The van der Waals surface area contributed by atoms with Crippen molar-refractivity contribution in [1.82, 2.24) is 0 Å². The van der Waals surface area contributed by atoms with Crippen LogP contribution in [0, 0.1) is 0 Å². The van der Waals surface area contributed by atoms with Crippen LogP contribution in [0.5, 0.6) is 11.5 Å². The van der Waals surface area contributed by atoms with Crippen molar-refractivity contribution in [2.24, 2.45) is 0 Å². The molecule has 0 fully saturated rings. The van der Waals surface area contributed by atoms with E-state index in [1.807, 2.05) is 12.1 Å². The quantitative estimate of drug-likeness (QED) is 0.179. The number of nitrogens with one attached hydrogen (secondary N) is 2. The third-order valence-electron chi connectivity index (χ3n) is 5.99. The van der Waals surface area contributed by atoms with E-state index in [9.17, 15) is 9.59 Å². The minimum absolute atomic E-state index is 0.345. The van der Waals surface area contributed by atoms with E-state index >= 15 is 0 Å². The van der Waals surface area contributed by atoms with Crippen LogP contribution in [0.3, 0.4) is 0 Å². The number of benzene rings is 4. The zero-order valence-electron chi connectivity index (χ0n) is 22.4. The Hall–Kier alpha value is -3.94. The van der Waals surface area contributed by atoms with Gasteiger partial charge in [0.25, 0.3) is 0 Å². The summed E-state index contributed by atoms with van der Waals surface area (Å²) in [5.41, 5.74) is 4.08. The number of rotatable bonds is 9. The molecule has 0 heterocycles. The first-order chi connectivity index (χ1) is 20.2. The Morgan fingerprint density at radius 1 is 0.571 bits per heavy atom. The van der Waals surface area contributed by atoms with Crippen LogP contribution >= 0.6 is 46.4 Å². The molecule has 0 spiro atoms. The first-order valence-corrected chi connectivity index (χ1v) is 13.9. The smallest absolute Gasteiger partial charge is 0.248 e. The maximum absolute atomic E-state index is 12.5. The molecule has 0 aliphatic heterocycles. The lowest BCUT2D eigenvalue weighted by Crippen LogP contribution is -2.09. The Labute approximate surface area is 263 Å². The van der Waals surface area contributed by atoms with Crippen molar-refractivity contribution in [3.63, 3.8) is 0 Å². The lowest BCUT2D eigenvalue weighted by atomic mass is 10.0. The number of hydrogen-bond donors (Lipinski definition) is 2. The number of ether oxygens (including phenoxy) is 2. The lowest BCUT2D eigenvalue weighted by molar-refractivity contribution is -0.112. The summed E-state index contributed by atoms with van der Waals surface area (Å²) in [5, 5.41) is 7.32. The van der Waals surface area contributed by atoms with E-state index in [1.54, 1.807) is 72.8 Å². The van der Waals surface area contributed by atoms with Gasteiger partial charge < -0.3 is 20.1 Å². The Balaban J connectivity index is 1.46. The van der Waals surface area contributed by atoms with Crippen molar-refractivity contribution in [1.29, 1.82) is 0 Å². The summed E-state index contributed by atoms with van der Waals surface area (Å²) in [4.78, 5) is 25.1. The molecule has 0 saturated carbocycles. The molecule has 0 aliphatic carbocycles. The highest BCUT2D eigenvalue weighted by atomic mass is 35.5. The van der Waals surface area contributed by atoms with Crippen molar-refractivity contribution < 1.29 is 19.1 Å². The molecule has 4 rings (SSSR count). The molecular weight excluding hydrogens is 618 g/mol. The molecule has 4 aromatic carbocycles. The largest absolute Gasteiger partial charge is 0.495 e. The number of carbonyl (C=O) groups is 2. The highest BCUT2D eigenvalue weighted by Crippen LogP contribution is 2.35. The van der Waals surface area contributed by atoms with Crippen LogP contribution in [0.25, 0.3) is 23.3 Å². The van der Waals surface area contributed by atoms with E-state index in [1.165, 1.54) is 26.4 Å². The third-order valence-corrected chi connectivity index (χ3v) is 7.47. The van der Waals surface area contributed by atoms with Gasteiger partial charge in [-0.25, -0.2) is 0 Å². The molecule has 0 aliphatic rings. The van der Waals surface area contributed by atoms with Crippen LogP contribution in [0.15, 0.2) is 84.9 Å². The van der Waals surface area contributed by atoms with Gasteiger partial charge in [-0.05, 0) is 82.9 Å². The predicted molar refractivity (Wildman–Crippen MR) is 173 cm³/mol. The van der Waals surface area contributed by atoms with Crippen molar-refractivity contribution in [3.8, 4) is 22.6 Å². The molecule has 42 heavy (non-hydrogen) atoms. The Bertz CT molecular complexity index is 1580. The SMILES string of the molecule is COc1cc(-c2ccc(NC(=O)/C=C/c3ccc(Cl)c(Cl)c3)c(OC)c2)ccc1NC(=O)/C=C/c1ccc(Cl)c(Cl)c1. The molecular formula is C32H24Cl4N2O4. The van der Waals surface area contributed by atoms with Crippen LogP contribution in [-0.4, -0.2) is 26.0 Å². The molecule has 10 heteroatoms. The fourth-order valence-corrected chi connectivity index (χ4v) is 4.49. The highest BCUT2D eigenvalue weighted by Gasteiger charge is 2.12. The Kier molecular flexibility index (Phi) is 10.6. The maximum Gasteiger partial charge on any atom is 0.248 e. The molecule has 2 N–H and O–H groups in total. The van der Waals surface area contributed by atoms with Gasteiger partial charge in [0.2, 0.25) is 11.8 Å². The van der Waals surface area contributed by atoms with Crippen molar-refractivity contribution in [3.05, 3.63) is 116 Å². The van der Waals surface area contributed by atoms with E-state index in [2.05, 4.69) is 10.6 Å². The molecule has 2 amide bonds. The summed E-state index contributed by atoms with van der Waals surface area (Å²) in [7, 11) is 3.04. The van der Waals surface area contributed by atoms with Crippen LogP contribution in [-0.2, 0) is 9.59 Å². The third kappa shape index (κ3) is 8.08. The number of methoxy groups -OCH3 is 2. The highest BCUT2D eigenvalue weighted by molar-refractivity contribution is 6.42. The molecule has 0 atom stereocenters. The second-order valence-corrected chi connectivity index (χ2v) is 10.5. The van der Waals surface area contributed by atoms with Gasteiger partial charge in [-0.2, -0.15) is 0 Å². The lowest BCUT2D eigenvalue weighted by Gasteiger charge is -2.14. The first-order valence-electron chi connectivity index (χ1n) is 12.4. The molecule has 0 unspecified atom stereocenters. The van der Waals surface area contributed by atoms with E-state index in [-0.39, 0.29) is 11.8 Å². The summed E-state index contributed by atoms with van der Waals surface area (Å²) in [6.45, 7) is 0. The number of halogens is 4. The minimum atomic E-state index is -0.345. The van der Waals surface area contributed by atoms with E-state index in [0.717, 1.165) is 22.3 Å². The topological polar surface area (TPSA) is 76.7 Å². The molecule has 0 saturated heterocycles. The monoisotopic (exact) mass is 640 g/mol. The van der Waals surface area contributed by atoms with Crippen LogP contribution < -0.4 is 20.1 Å². The van der Waals surface area contributed by atoms with Gasteiger partial charge in [-0.15, -0.1) is 0 Å². The second-order valence-electron chi connectivity index (χ2n) is 8.82. The zero-order valence-corrected chi connectivity index (χ0v) is 25.4. The zero-order chi connectivity index (χ0) is 30.2. The van der Waals surface area contributed by atoms with Gasteiger partial charge in [-0.3, -0.25) is 9.59 Å². The van der Waals surface area contributed by atoms with E-state index < -0.39 is 0 Å². The molecule has 0 radical (unpaired) electrons. The second kappa shape index (κ2) is 14.3. The summed E-state index contributed by atoms with van der Waals surface area (Å²) in [6.07, 6.45) is 6.05. The first kappa shape index (κ1) is 31.0. The van der Waals surface area contributed by atoms with Crippen molar-refractivity contribution >= 4 is 81.7 Å². The number of carbonyl (C=O) groups excluding carboxylic acids is 2. The predicted octanol–water partition coefficient (Wildman–Crippen LogP) is 9.29. The molecule has 214 valence electrons. The fraction of sp³-hybridized carbons (Fsp3) is 0.0625. The summed E-state index contributed by atoms with van der Waals surface area (Å²) in [5.74, 6) is 0.240. The van der Waals surface area contributed by atoms with Gasteiger partial charge in [-0.1, -0.05) is 70.7 Å².